The van der Waals surface area contributed by atoms with Crippen molar-refractivity contribution in [2.24, 2.45) is 0 Å². The van der Waals surface area contributed by atoms with Crippen LogP contribution in [0.15, 0.2) is 28.9 Å². The Labute approximate surface area is 152 Å². The molecule has 4 rings (SSSR count). The summed E-state index contributed by atoms with van der Waals surface area (Å²) in [6.45, 7) is 1.43. The first-order valence-electron chi connectivity index (χ1n) is 9.17. The molecule has 1 fully saturated rings. The molecule has 0 spiro atoms. The zero-order valence-electron chi connectivity index (χ0n) is 15.0. The van der Waals surface area contributed by atoms with Crippen LogP contribution in [0, 0.1) is 0 Å². The third kappa shape index (κ3) is 3.19. The SMILES string of the molecule is CN(C[C@@]1(O)CCN(c2ccccn2)C1)C(=O)c1noc2c1CCCC2. The minimum atomic E-state index is -0.953. The largest absolute Gasteiger partial charge is 0.386 e. The number of aliphatic hydroxyl groups is 1. The van der Waals surface area contributed by atoms with E-state index >= 15 is 0 Å². The minimum absolute atomic E-state index is 0.179. The molecule has 1 atom stereocenters. The number of carbonyl (C=O) groups is 1. The maximum absolute atomic E-state index is 12.8. The minimum Gasteiger partial charge on any atom is -0.386 e. The highest BCUT2D eigenvalue weighted by molar-refractivity contribution is 5.93. The second-order valence-electron chi connectivity index (χ2n) is 7.39. The normalized spacial score (nSPS) is 22.3. The highest BCUT2D eigenvalue weighted by atomic mass is 16.5. The van der Waals surface area contributed by atoms with Crippen LogP contribution in [0.25, 0.3) is 0 Å². The zero-order valence-corrected chi connectivity index (χ0v) is 15.0. The van der Waals surface area contributed by atoms with Crippen molar-refractivity contribution in [1.82, 2.24) is 15.0 Å². The molecule has 2 aliphatic rings. The smallest absolute Gasteiger partial charge is 0.276 e. The van der Waals surface area contributed by atoms with Crippen molar-refractivity contribution < 1.29 is 14.4 Å². The molecule has 26 heavy (non-hydrogen) atoms. The van der Waals surface area contributed by atoms with Gasteiger partial charge in [0.25, 0.3) is 5.91 Å². The summed E-state index contributed by atoms with van der Waals surface area (Å²) in [5, 5.41) is 15.0. The topological polar surface area (TPSA) is 82.7 Å². The van der Waals surface area contributed by atoms with Crippen molar-refractivity contribution >= 4 is 11.7 Å². The molecule has 0 saturated carbocycles. The number of carbonyl (C=O) groups excluding carboxylic acids is 1. The molecule has 138 valence electrons. The number of β-amino-alcohol motifs (C(OH)–C–C–N with tert-alkyl or cyclic N) is 1. The number of pyridine rings is 1. The number of aromatic nitrogens is 2. The first-order valence-corrected chi connectivity index (χ1v) is 9.17. The van der Waals surface area contributed by atoms with Crippen LogP contribution in [-0.2, 0) is 12.8 Å². The standard InChI is InChI=1S/C19H24N4O3/c1-22(18(24)17-14-6-2-3-7-15(14)26-21-17)12-19(25)9-11-23(13-19)16-8-4-5-10-20-16/h4-5,8,10,25H,2-3,6-7,9,11-13H2,1H3/t19-/m0/s1. The van der Waals surface area contributed by atoms with Gasteiger partial charge in [0.05, 0.1) is 6.54 Å². The lowest BCUT2D eigenvalue weighted by molar-refractivity contribution is 0.0259. The molecule has 7 nitrogen and oxygen atoms in total. The van der Waals surface area contributed by atoms with Gasteiger partial charge >= 0.3 is 0 Å². The fourth-order valence-corrected chi connectivity index (χ4v) is 3.97. The molecule has 1 saturated heterocycles. The summed E-state index contributed by atoms with van der Waals surface area (Å²) in [5.74, 6) is 1.51. The van der Waals surface area contributed by atoms with Gasteiger partial charge in [0.2, 0.25) is 0 Å². The number of aryl methyl sites for hydroxylation is 1. The molecule has 2 aromatic rings. The molecule has 2 aromatic heterocycles. The quantitative estimate of drug-likeness (QED) is 0.897. The number of nitrogens with zero attached hydrogens (tertiary/aromatic N) is 4. The van der Waals surface area contributed by atoms with E-state index in [0.29, 0.717) is 18.7 Å². The highest BCUT2D eigenvalue weighted by Gasteiger charge is 2.39. The van der Waals surface area contributed by atoms with E-state index in [-0.39, 0.29) is 12.5 Å². The summed E-state index contributed by atoms with van der Waals surface area (Å²) in [6, 6.07) is 5.74. The van der Waals surface area contributed by atoms with Crippen molar-refractivity contribution in [2.45, 2.75) is 37.7 Å². The van der Waals surface area contributed by atoms with E-state index < -0.39 is 5.60 Å². The van der Waals surface area contributed by atoms with Crippen LogP contribution in [-0.4, -0.2) is 58.3 Å². The van der Waals surface area contributed by atoms with Crippen LogP contribution < -0.4 is 4.90 Å². The molecule has 1 amide bonds. The lowest BCUT2D eigenvalue weighted by Crippen LogP contribution is -2.46. The molecular weight excluding hydrogens is 332 g/mol. The van der Waals surface area contributed by atoms with Crippen molar-refractivity contribution in [3.05, 3.63) is 41.4 Å². The Hall–Kier alpha value is -2.41. The fraction of sp³-hybridized carbons (Fsp3) is 0.526. The average Bonchev–Trinajstić information content (AvgIpc) is 3.26. The Kier molecular flexibility index (Phi) is 4.40. The van der Waals surface area contributed by atoms with E-state index in [1.165, 1.54) is 0 Å². The number of fused-ring (bicyclic) bond motifs is 1. The molecule has 0 unspecified atom stereocenters. The lowest BCUT2D eigenvalue weighted by atomic mass is 9.96. The van der Waals surface area contributed by atoms with Crippen molar-refractivity contribution in [3.8, 4) is 0 Å². The Morgan fingerprint density at radius 2 is 2.23 bits per heavy atom. The first kappa shape index (κ1) is 17.0. The van der Waals surface area contributed by atoms with Crippen LogP contribution in [0.1, 0.15) is 41.1 Å². The van der Waals surface area contributed by atoms with Gasteiger partial charge in [-0.05, 0) is 37.8 Å². The monoisotopic (exact) mass is 356 g/mol. The third-order valence-electron chi connectivity index (χ3n) is 5.34. The lowest BCUT2D eigenvalue weighted by Gasteiger charge is -2.29. The molecule has 1 aliphatic carbocycles. The number of anilines is 1. The second-order valence-corrected chi connectivity index (χ2v) is 7.39. The molecule has 7 heteroatoms. The molecule has 3 heterocycles. The second kappa shape index (κ2) is 6.72. The molecule has 0 radical (unpaired) electrons. The molecular formula is C19H24N4O3. The van der Waals surface area contributed by atoms with E-state index in [1.54, 1.807) is 18.1 Å². The van der Waals surface area contributed by atoms with Crippen LogP contribution >= 0.6 is 0 Å². The van der Waals surface area contributed by atoms with Crippen LogP contribution in [0.4, 0.5) is 5.82 Å². The predicted octanol–water partition coefficient (Wildman–Crippen LogP) is 1.66. The number of hydrogen-bond acceptors (Lipinski definition) is 6. The maximum atomic E-state index is 12.8. The number of amides is 1. The van der Waals surface area contributed by atoms with Gasteiger partial charge in [0.15, 0.2) is 5.69 Å². The van der Waals surface area contributed by atoms with Gasteiger partial charge in [-0.1, -0.05) is 11.2 Å². The van der Waals surface area contributed by atoms with Crippen LogP contribution in [0.2, 0.25) is 0 Å². The Morgan fingerprint density at radius 1 is 1.38 bits per heavy atom. The van der Waals surface area contributed by atoms with E-state index in [2.05, 4.69) is 15.0 Å². The van der Waals surface area contributed by atoms with Gasteiger partial charge in [0.1, 0.15) is 17.2 Å². The van der Waals surface area contributed by atoms with Gasteiger partial charge in [-0.15, -0.1) is 0 Å². The van der Waals surface area contributed by atoms with E-state index in [0.717, 1.165) is 49.4 Å². The fourth-order valence-electron chi connectivity index (χ4n) is 3.97. The summed E-state index contributed by atoms with van der Waals surface area (Å²) in [7, 11) is 1.72. The third-order valence-corrected chi connectivity index (χ3v) is 5.34. The number of likely N-dealkylation sites (N-methyl/N-ethyl adjacent to an activating group) is 1. The first-order chi connectivity index (χ1) is 12.6. The van der Waals surface area contributed by atoms with Crippen molar-refractivity contribution in [1.29, 1.82) is 0 Å². The van der Waals surface area contributed by atoms with E-state index in [4.69, 9.17) is 4.52 Å². The zero-order chi connectivity index (χ0) is 18.1. The summed E-state index contributed by atoms with van der Waals surface area (Å²) in [4.78, 5) is 20.8. The van der Waals surface area contributed by atoms with Gasteiger partial charge in [-0.3, -0.25) is 4.79 Å². The summed E-state index contributed by atoms with van der Waals surface area (Å²) >= 11 is 0. The number of rotatable bonds is 4. The summed E-state index contributed by atoms with van der Waals surface area (Å²) in [6.07, 6.45) is 6.16. The Morgan fingerprint density at radius 3 is 3.04 bits per heavy atom. The molecule has 1 N–H and O–H groups in total. The van der Waals surface area contributed by atoms with Gasteiger partial charge in [0, 0.05) is 38.3 Å². The van der Waals surface area contributed by atoms with Crippen LogP contribution in [0.5, 0.6) is 0 Å². The van der Waals surface area contributed by atoms with Gasteiger partial charge < -0.3 is 19.4 Å². The van der Waals surface area contributed by atoms with Crippen LogP contribution in [0.3, 0.4) is 0 Å². The summed E-state index contributed by atoms with van der Waals surface area (Å²) < 4.78 is 5.35. The van der Waals surface area contributed by atoms with Crippen molar-refractivity contribution in [3.63, 3.8) is 0 Å². The highest BCUT2D eigenvalue weighted by Crippen LogP contribution is 2.28. The van der Waals surface area contributed by atoms with Gasteiger partial charge in [-0.25, -0.2) is 4.98 Å². The molecule has 0 bridgehead atoms. The Balaban J connectivity index is 1.44. The maximum Gasteiger partial charge on any atom is 0.276 e. The summed E-state index contributed by atoms with van der Waals surface area (Å²) in [5.41, 5.74) is 0.401. The predicted molar refractivity (Wildman–Crippen MR) is 96.1 cm³/mol. The van der Waals surface area contributed by atoms with E-state index in [1.807, 2.05) is 18.2 Å². The molecule has 1 aliphatic heterocycles. The van der Waals surface area contributed by atoms with Crippen molar-refractivity contribution in [2.75, 3.05) is 31.6 Å². The van der Waals surface area contributed by atoms with Gasteiger partial charge in [-0.2, -0.15) is 0 Å². The Bertz CT molecular complexity index is 791. The van der Waals surface area contributed by atoms with E-state index in [9.17, 15) is 9.90 Å². The molecule has 0 aromatic carbocycles. The number of hydrogen-bond donors (Lipinski definition) is 1. The average molecular weight is 356 g/mol.